The summed E-state index contributed by atoms with van der Waals surface area (Å²) >= 11 is 0. The molecule has 1 N–H and O–H groups in total. The van der Waals surface area contributed by atoms with Crippen LogP contribution in [0.15, 0.2) is 42.6 Å². The Balaban J connectivity index is 1.56. The summed E-state index contributed by atoms with van der Waals surface area (Å²) in [5.74, 6) is -3.61. The van der Waals surface area contributed by atoms with Crippen LogP contribution in [-0.2, 0) is 25.6 Å². The van der Waals surface area contributed by atoms with Gasteiger partial charge in [-0.25, -0.2) is 18.9 Å². The molecule has 26 heavy (non-hydrogen) atoms. The summed E-state index contributed by atoms with van der Waals surface area (Å²) in [6.45, 7) is 1.24. The van der Waals surface area contributed by atoms with Crippen LogP contribution in [0.1, 0.15) is 6.42 Å². The topological polar surface area (TPSA) is 81.0 Å². The molecule has 4 rings (SSSR count). The van der Waals surface area contributed by atoms with E-state index in [9.17, 15) is 19.1 Å². The highest BCUT2D eigenvalue weighted by Crippen LogP contribution is 2.34. The van der Waals surface area contributed by atoms with Crippen LogP contribution in [0.25, 0.3) is 10.9 Å². The molecule has 8 heteroatoms. The zero-order valence-corrected chi connectivity index (χ0v) is 13.8. The summed E-state index contributed by atoms with van der Waals surface area (Å²) in [7, 11) is 0. The number of halogens is 1. The number of hydrogen-bond donors (Lipinski definition) is 1. The van der Waals surface area contributed by atoms with Gasteiger partial charge in [-0.05, 0) is 30.7 Å². The maximum absolute atomic E-state index is 13.3. The Morgan fingerprint density at radius 3 is 2.62 bits per heavy atom. The third-order valence-corrected chi connectivity index (χ3v) is 4.73. The minimum atomic E-state index is -1.81. The van der Waals surface area contributed by atoms with Crippen molar-refractivity contribution in [3.05, 3.63) is 48.4 Å². The van der Waals surface area contributed by atoms with E-state index in [1.165, 1.54) is 12.1 Å². The summed E-state index contributed by atoms with van der Waals surface area (Å²) in [5.41, 5.74) is 0.858. The van der Waals surface area contributed by atoms with Crippen molar-refractivity contribution in [3.63, 3.8) is 0 Å². The van der Waals surface area contributed by atoms with E-state index in [1.807, 2.05) is 16.8 Å². The molecule has 2 aliphatic heterocycles. The Kier molecular flexibility index (Phi) is 4.01. The Morgan fingerprint density at radius 2 is 1.88 bits per heavy atom. The third-order valence-electron chi connectivity index (χ3n) is 4.73. The third kappa shape index (κ3) is 2.77. The first kappa shape index (κ1) is 16.7. The molecular formula is C18H17FN2O5. The predicted molar refractivity (Wildman–Crippen MR) is 88.1 cm³/mol. The molecule has 0 bridgehead atoms. The van der Waals surface area contributed by atoms with Gasteiger partial charge in [-0.2, -0.15) is 0 Å². The summed E-state index contributed by atoms with van der Waals surface area (Å²) in [6, 6.07) is 6.34. The van der Waals surface area contributed by atoms with Crippen LogP contribution in [0.4, 0.5) is 4.39 Å². The van der Waals surface area contributed by atoms with E-state index in [2.05, 4.69) is 0 Å². The van der Waals surface area contributed by atoms with Crippen molar-refractivity contribution in [1.29, 1.82) is 0 Å². The van der Waals surface area contributed by atoms with E-state index in [0.29, 0.717) is 26.1 Å². The van der Waals surface area contributed by atoms with Crippen molar-refractivity contribution in [2.24, 2.45) is 0 Å². The molecule has 1 aromatic heterocycles. The number of rotatable bonds is 3. The Bertz CT molecular complexity index is 886. The summed E-state index contributed by atoms with van der Waals surface area (Å²) in [4.78, 5) is 25.2. The molecule has 0 aliphatic carbocycles. The van der Waals surface area contributed by atoms with Crippen molar-refractivity contribution < 1.29 is 28.6 Å². The fraction of sp³-hybridized carbons (Fsp3) is 0.333. The lowest BCUT2D eigenvalue weighted by Crippen LogP contribution is -2.56. The molecule has 1 saturated heterocycles. The van der Waals surface area contributed by atoms with Gasteiger partial charge in [0.1, 0.15) is 11.9 Å². The molecular weight excluding hydrogens is 343 g/mol. The van der Waals surface area contributed by atoms with Gasteiger partial charge in [-0.15, -0.1) is 0 Å². The molecule has 1 aromatic carbocycles. The summed E-state index contributed by atoms with van der Waals surface area (Å²) in [6.07, 6.45) is 2.96. The molecule has 0 saturated carbocycles. The first-order valence-corrected chi connectivity index (χ1v) is 8.29. The number of ether oxygens (including phenoxy) is 2. The number of aliphatic hydroxyl groups is 1. The molecule has 1 unspecified atom stereocenters. The van der Waals surface area contributed by atoms with Gasteiger partial charge in [0.15, 0.2) is 0 Å². The molecule has 1 spiro atoms. The molecule has 0 amide bonds. The van der Waals surface area contributed by atoms with E-state index in [0.717, 1.165) is 23.1 Å². The van der Waals surface area contributed by atoms with Crippen LogP contribution in [0, 0.1) is 5.82 Å². The standard InChI is InChI=1S/C18H17FN2O5/c19-13-1-2-14-12(11-13)5-7-20(14)9-10-21-8-6-15(22)18(21)25-16(23)3-4-17(24)26-18/h1-5,7,11,15,22H,6,8-10H2. The van der Waals surface area contributed by atoms with Crippen molar-refractivity contribution in [2.45, 2.75) is 25.0 Å². The van der Waals surface area contributed by atoms with Gasteiger partial charge in [-0.1, -0.05) is 0 Å². The van der Waals surface area contributed by atoms with E-state index in [-0.39, 0.29) is 5.82 Å². The lowest BCUT2D eigenvalue weighted by molar-refractivity contribution is -0.297. The van der Waals surface area contributed by atoms with Gasteiger partial charge in [0.05, 0.1) is 0 Å². The minimum absolute atomic E-state index is 0.304. The molecule has 2 aromatic rings. The van der Waals surface area contributed by atoms with Gasteiger partial charge >= 0.3 is 17.8 Å². The monoisotopic (exact) mass is 360 g/mol. The van der Waals surface area contributed by atoms with Crippen LogP contribution < -0.4 is 0 Å². The summed E-state index contributed by atoms with van der Waals surface area (Å²) < 4.78 is 25.8. The maximum atomic E-state index is 13.3. The van der Waals surface area contributed by atoms with Gasteiger partial charge in [0.2, 0.25) is 0 Å². The van der Waals surface area contributed by atoms with Crippen molar-refractivity contribution in [3.8, 4) is 0 Å². The number of esters is 2. The molecule has 1 atom stereocenters. The van der Waals surface area contributed by atoms with Crippen LogP contribution in [0.2, 0.25) is 0 Å². The molecule has 0 radical (unpaired) electrons. The van der Waals surface area contributed by atoms with E-state index < -0.39 is 24.0 Å². The SMILES string of the molecule is O=C1C=CC(=O)OC2(O1)C(O)CCN2CCn1ccc2cc(F)ccc21. The van der Waals surface area contributed by atoms with Gasteiger partial charge in [-0.3, -0.25) is 0 Å². The van der Waals surface area contributed by atoms with E-state index in [1.54, 1.807) is 11.0 Å². The van der Waals surface area contributed by atoms with Crippen LogP contribution >= 0.6 is 0 Å². The number of carbonyl (C=O) groups is 2. The van der Waals surface area contributed by atoms with E-state index >= 15 is 0 Å². The van der Waals surface area contributed by atoms with E-state index in [4.69, 9.17) is 9.47 Å². The number of aliphatic hydroxyl groups excluding tert-OH is 1. The van der Waals surface area contributed by atoms with Crippen molar-refractivity contribution in [2.75, 3.05) is 13.1 Å². The minimum Gasteiger partial charge on any atom is -0.403 e. The number of benzene rings is 1. The maximum Gasteiger partial charge on any atom is 0.348 e. The average molecular weight is 360 g/mol. The van der Waals surface area contributed by atoms with Crippen LogP contribution in [0.3, 0.4) is 0 Å². The second-order valence-corrected chi connectivity index (χ2v) is 6.31. The first-order chi connectivity index (χ1) is 12.5. The molecule has 136 valence electrons. The first-order valence-electron chi connectivity index (χ1n) is 8.29. The Morgan fingerprint density at radius 1 is 1.15 bits per heavy atom. The average Bonchev–Trinajstić information content (AvgIpc) is 3.07. The highest BCUT2D eigenvalue weighted by molar-refractivity contribution is 5.93. The molecule has 3 heterocycles. The number of hydrogen-bond acceptors (Lipinski definition) is 6. The smallest absolute Gasteiger partial charge is 0.348 e. The molecule has 7 nitrogen and oxygen atoms in total. The second kappa shape index (κ2) is 6.22. The van der Waals surface area contributed by atoms with Gasteiger partial charge in [0, 0.05) is 48.9 Å². The predicted octanol–water partition coefficient (Wildman–Crippen LogP) is 1.16. The highest BCUT2D eigenvalue weighted by Gasteiger charge is 2.56. The zero-order chi connectivity index (χ0) is 18.3. The number of aromatic nitrogens is 1. The number of fused-ring (bicyclic) bond motifs is 1. The fourth-order valence-electron chi connectivity index (χ4n) is 3.47. The van der Waals surface area contributed by atoms with Crippen molar-refractivity contribution >= 4 is 22.8 Å². The molecule has 2 aliphatic rings. The van der Waals surface area contributed by atoms with Gasteiger partial charge in [0.25, 0.3) is 0 Å². The van der Waals surface area contributed by atoms with Crippen LogP contribution in [-0.4, -0.2) is 51.6 Å². The second-order valence-electron chi connectivity index (χ2n) is 6.31. The lowest BCUT2D eigenvalue weighted by Gasteiger charge is -2.36. The van der Waals surface area contributed by atoms with Crippen LogP contribution in [0.5, 0.6) is 0 Å². The Labute approximate surface area is 148 Å². The number of likely N-dealkylation sites (tertiary alicyclic amines) is 1. The van der Waals surface area contributed by atoms with Crippen molar-refractivity contribution in [1.82, 2.24) is 9.47 Å². The zero-order valence-electron chi connectivity index (χ0n) is 13.8. The number of nitrogens with zero attached hydrogens (tertiary/aromatic N) is 2. The largest absolute Gasteiger partial charge is 0.403 e. The highest BCUT2D eigenvalue weighted by atomic mass is 19.1. The Hall–Kier alpha value is -2.71. The quantitative estimate of drug-likeness (QED) is 0.828. The normalized spacial score (nSPS) is 22.6. The molecule has 1 fully saturated rings. The fourth-order valence-corrected chi connectivity index (χ4v) is 3.47. The lowest BCUT2D eigenvalue weighted by atomic mass is 10.2. The van der Waals surface area contributed by atoms with Gasteiger partial charge < -0.3 is 19.1 Å². The number of carbonyl (C=O) groups excluding carboxylic acids is 2. The summed E-state index contributed by atoms with van der Waals surface area (Å²) in [5, 5.41) is 11.1.